The normalized spacial score (nSPS) is 18.2. The first kappa shape index (κ1) is 22.6. The van der Waals surface area contributed by atoms with Crippen molar-refractivity contribution >= 4 is 17.5 Å². The van der Waals surface area contributed by atoms with E-state index >= 15 is 0 Å². The van der Waals surface area contributed by atoms with Crippen LogP contribution in [0.4, 0.5) is 5.69 Å². The molecule has 0 spiro atoms. The van der Waals surface area contributed by atoms with Crippen LogP contribution in [0.3, 0.4) is 0 Å². The molecule has 7 nitrogen and oxygen atoms in total. The summed E-state index contributed by atoms with van der Waals surface area (Å²) in [6.07, 6.45) is 5.78. The van der Waals surface area contributed by atoms with Gasteiger partial charge in [-0.2, -0.15) is 0 Å². The first-order chi connectivity index (χ1) is 16.1. The van der Waals surface area contributed by atoms with E-state index in [1.54, 1.807) is 13.3 Å². The predicted molar refractivity (Wildman–Crippen MR) is 126 cm³/mol. The van der Waals surface area contributed by atoms with Crippen LogP contribution in [-0.2, 0) is 9.59 Å². The molecule has 33 heavy (non-hydrogen) atoms. The molecule has 0 bridgehead atoms. The Hall–Kier alpha value is -3.61. The van der Waals surface area contributed by atoms with E-state index in [2.05, 4.69) is 17.2 Å². The Labute approximate surface area is 193 Å². The summed E-state index contributed by atoms with van der Waals surface area (Å²) >= 11 is 0. The molecule has 0 aliphatic carbocycles. The smallest absolute Gasteiger partial charge is 0.229 e. The second-order valence-corrected chi connectivity index (χ2v) is 8.18. The number of methoxy groups -OCH3 is 1. The molecule has 172 valence electrons. The van der Waals surface area contributed by atoms with E-state index in [4.69, 9.17) is 9.15 Å². The number of benzene rings is 2. The monoisotopic (exact) mass is 447 g/mol. The zero-order chi connectivity index (χ0) is 23.2. The number of nitrogens with zero attached hydrogens (tertiary/aromatic N) is 2. The number of unbranched alkanes of at least 4 members (excludes halogenated alkanes) is 1. The highest BCUT2D eigenvalue weighted by atomic mass is 16.5. The molecule has 7 heteroatoms. The predicted octanol–water partition coefficient (Wildman–Crippen LogP) is 5.07. The molecule has 1 aliphatic rings. The standard InChI is InChI=1S/C26H29N3O4/c1-3-4-15-29-23(30)13-12-21(24(29)20-10-5-6-11-22(20)32-2)25(31)28-19-9-7-8-18(17-19)26-27-14-16-33-26/h5-11,14,16-17,21,24H,3-4,12-13,15H2,1-2H3,(H,28,31)/t21-,24-/m1/s1. The molecular weight excluding hydrogens is 418 g/mol. The number of rotatable bonds is 8. The molecular formula is C26H29N3O4. The fourth-order valence-electron chi connectivity index (χ4n) is 4.45. The minimum atomic E-state index is -0.402. The lowest BCUT2D eigenvalue weighted by atomic mass is 9.83. The van der Waals surface area contributed by atoms with Crippen LogP contribution < -0.4 is 10.1 Å². The van der Waals surface area contributed by atoms with Crippen LogP contribution in [0.2, 0.25) is 0 Å². The number of ether oxygens (including phenoxy) is 1. The van der Waals surface area contributed by atoms with E-state index in [-0.39, 0.29) is 17.9 Å². The van der Waals surface area contributed by atoms with Gasteiger partial charge in [0, 0.05) is 29.8 Å². The Morgan fingerprint density at radius 2 is 2.09 bits per heavy atom. The number of para-hydroxylation sites is 1. The van der Waals surface area contributed by atoms with E-state index in [1.165, 1.54) is 6.26 Å². The van der Waals surface area contributed by atoms with E-state index in [1.807, 2.05) is 53.4 Å². The van der Waals surface area contributed by atoms with Crippen molar-refractivity contribution in [3.8, 4) is 17.2 Å². The highest BCUT2D eigenvalue weighted by Crippen LogP contribution is 2.41. The Kier molecular flexibility index (Phi) is 7.07. The third-order valence-electron chi connectivity index (χ3n) is 6.06. The molecule has 1 aliphatic heterocycles. The first-order valence-electron chi connectivity index (χ1n) is 11.4. The van der Waals surface area contributed by atoms with Crippen LogP contribution in [0.25, 0.3) is 11.5 Å². The molecule has 1 saturated heterocycles. The van der Waals surface area contributed by atoms with Gasteiger partial charge in [-0.25, -0.2) is 4.98 Å². The number of likely N-dealkylation sites (tertiary alicyclic amines) is 1. The highest BCUT2D eigenvalue weighted by molar-refractivity contribution is 5.95. The summed E-state index contributed by atoms with van der Waals surface area (Å²) in [6.45, 7) is 2.71. The van der Waals surface area contributed by atoms with Crippen LogP contribution in [0.5, 0.6) is 5.75 Å². The lowest BCUT2D eigenvalue weighted by molar-refractivity contribution is -0.142. The number of anilines is 1. The molecule has 2 atom stereocenters. The molecule has 2 heterocycles. The van der Waals surface area contributed by atoms with Gasteiger partial charge >= 0.3 is 0 Å². The number of hydrogen-bond donors (Lipinski definition) is 1. The van der Waals surface area contributed by atoms with Crippen LogP contribution in [0.1, 0.15) is 44.2 Å². The summed E-state index contributed by atoms with van der Waals surface area (Å²) in [4.78, 5) is 32.5. The van der Waals surface area contributed by atoms with Crippen molar-refractivity contribution in [1.29, 1.82) is 0 Å². The number of amides is 2. The molecule has 0 unspecified atom stereocenters. The third-order valence-corrected chi connectivity index (χ3v) is 6.06. The maximum absolute atomic E-state index is 13.5. The number of hydrogen-bond acceptors (Lipinski definition) is 5. The van der Waals surface area contributed by atoms with Crippen molar-refractivity contribution < 1.29 is 18.7 Å². The van der Waals surface area contributed by atoms with Crippen molar-refractivity contribution in [2.24, 2.45) is 5.92 Å². The van der Waals surface area contributed by atoms with Gasteiger partial charge < -0.3 is 19.4 Å². The maximum Gasteiger partial charge on any atom is 0.229 e. The van der Waals surface area contributed by atoms with E-state index in [0.29, 0.717) is 36.7 Å². The molecule has 0 saturated carbocycles. The SMILES string of the molecule is CCCCN1C(=O)CC[C@@H](C(=O)Nc2cccc(-c3ncco3)c2)[C@H]1c1ccccc1OC. The summed E-state index contributed by atoms with van der Waals surface area (Å²) in [5.74, 6) is 0.731. The average molecular weight is 448 g/mol. The topological polar surface area (TPSA) is 84.7 Å². The molecule has 1 N–H and O–H groups in total. The van der Waals surface area contributed by atoms with E-state index < -0.39 is 5.92 Å². The van der Waals surface area contributed by atoms with Crippen LogP contribution in [-0.4, -0.2) is 35.4 Å². The van der Waals surface area contributed by atoms with Crippen molar-refractivity contribution in [3.63, 3.8) is 0 Å². The maximum atomic E-state index is 13.5. The summed E-state index contributed by atoms with van der Waals surface area (Å²) in [5, 5.41) is 3.06. The Morgan fingerprint density at radius 1 is 1.24 bits per heavy atom. The molecule has 1 fully saturated rings. The molecule has 3 aromatic rings. The van der Waals surface area contributed by atoms with Gasteiger partial charge in [0.05, 0.1) is 25.3 Å². The van der Waals surface area contributed by atoms with Crippen molar-refractivity contribution in [2.75, 3.05) is 19.0 Å². The Morgan fingerprint density at radius 3 is 2.85 bits per heavy atom. The van der Waals surface area contributed by atoms with Crippen LogP contribution in [0.15, 0.2) is 65.4 Å². The largest absolute Gasteiger partial charge is 0.496 e. The summed E-state index contributed by atoms with van der Waals surface area (Å²) in [5.41, 5.74) is 2.30. The van der Waals surface area contributed by atoms with Crippen molar-refractivity contribution in [2.45, 2.75) is 38.6 Å². The Balaban J connectivity index is 1.64. The lowest BCUT2D eigenvalue weighted by Gasteiger charge is -2.41. The van der Waals surface area contributed by atoms with Gasteiger partial charge in [0.25, 0.3) is 0 Å². The van der Waals surface area contributed by atoms with Gasteiger partial charge in [0.1, 0.15) is 12.0 Å². The van der Waals surface area contributed by atoms with Gasteiger partial charge in [0.2, 0.25) is 17.7 Å². The number of piperidine rings is 1. The molecule has 1 aromatic heterocycles. The number of carbonyl (C=O) groups is 2. The number of oxazole rings is 1. The zero-order valence-corrected chi connectivity index (χ0v) is 19.0. The minimum Gasteiger partial charge on any atom is -0.496 e. The molecule has 0 radical (unpaired) electrons. The van der Waals surface area contributed by atoms with Gasteiger partial charge in [-0.15, -0.1) is 0 Å². The summed E-state index contributed by atoms with van der Waals surface area (Å²) < 4.78 is 11.0. The van der Waals surface area contributed by atoms with Gasteiger partial charge in [-0.1, -0.05) is 37.6 Å². The zero-order valence-electron chi connectivity index (χ0n) is 19.0. The van der Waals surface area contributed by atoms with Gasteiger partial charge in [0.15, 0.2) is 0 Å². The lowest BCUT2D eigenvalue weighted by Crippen LogP contribution is -2.47. The molecule has 2 aromatic carbocycles. The van der Waals surface area contributed by atoms with Gasteiger partial charge in [-0.3, -0.25) is 9.59 Å². The van der Waals surface area contributed by atoms with Crippen LogP contribution >= 0.6 is 0 Å². The summed E-state index contributed by atoms with van der Waals surface area (Å²) in [6, 6.07) is 14.7. The average Bonchev–Trinajstić information content (AvgIpc) is 3.38. The minimum absolute atomic E-state index is 0.0781. The first-order valence-corrected chi connectivity index (χ1v) is 11.4. The van der Waals surface area contributed by atoms with Gasteiger partial charge in [-0.05, 0) is 37.1 Å². The quantitative estimate of drug-likeness (QED) is 0.521. The molecule has 4 rings (SSSR count). The van der Waals surface area contributed by atoms with E-state index in [9.17, 15) is 9.59 Å². The van der Waals surface area contributed by atoms with Crippen molar-refractivity contribution in [1.82, 2.24) is 9.88 Å². The fraction of sp³-hybridized carbons (Fsp3) is 0.346. The number of carbonyl (C=O) groups excluding carboxylic acids is 2. The van der Waals surface area contributed by atoms with Crippen molar-refractivity contribution in [3.05, 3.63) is 66.6 Å². The molecule has 2 amide bonds. The second kappa shape index (κ2) is 10.3. The van der Waals surface area contributed by atoms with Crippen LogP contribution in [0, 0.1) is 5.92 Å². The fourth-order valence-corrected chi connectivity index (χ4v) is 4.45. The Bertz CT molecular complexity index is 1100. The third kappa shape index (κ3) is 4.92. The summed E-state index contributed by atoms with van der Waals surface area (Å²) in [7, 11) is 1.61. The van der Waals surface area contributed by atoms with E-state index in [0.717, 1.165) is 24.0 Å². The second-order valence-electron chi connectivity index (χ2n) is 8.18. The highest BCUT2D eigenvalue weighted by Gasteiger charge is 2.41. The number of nitrogens with one attached hydrogen (secondary N) is 1. The number of aromatic nitrogens is 1.